The maximum absolute atomic E-state index is 13.3. The normalized spacial score (nSPS) is 21.7. The fraction of sp³-hybridized carbons (Fsp3) is 0.536. The molecule has 1 N–H and O–H groups in total. The van der Waals surface area contributed by atoms with Crippen molar-refractivity contribution in [2.75, 3.05) is 7.05 Å². The Labute approximate surface area is 220 Å². The lowest BCUT2D eigenvalue weighted by molar-refractivity contribution is 0.0305. The number of sulfonamides is 1. The Morgan fingerprint density at radius 2 is 1.71 bits per heavy atom. The average Bonchev–Trinajstić information content (AvgIpc) is 2.83. The van der Waals surface area contributed by atoms with E-state index in [1.54, 1.807) is 19.2 Å². The number of rotatable bonds is 7. The fourth-order valence-electron chi connectivity index (χ4n) is 5.08. The molecule has 1 saturated carbocycles. The third-order valence-electron chi connectivity index (χ3n) is 7.26. The zero-order valence-electron chi connectivity index (χ0n) is 22.2. The van der Waals surface area contributed by atoms with Gasteiger partial charge in [-0.25, -0.2) is 8.42 Å². The quantitative estimate of drug-likeness (QED) is 0.392. The summed E-state index contributed by atoms with van der Waals surface area (Å²) in [7, 11) is -2.25. The summed E-state index contributed by atoms with van der Waals surface area (Å²) in [4.78, 5) is 13.4. The summed E-state index contributed by atoms with van der Waals surface area (Å²) in [6, 6.07) is 14.3. The Morgan fingerprint density at radius 1 is 1.09 bits per heavy atom. The predicted octanol–water partition coefficient (Wildman–Crippen LogP) is 7.02. The van der Waals surface area contributed by atoms with Gasteiger partial charge >= 0.3 is 0 Å². The molecule has 0 saturated heterocycles. The molecule has 1 aliphatic rings. The molecule has 0 radical (unpaired) electrons. The predicted molar refractivity (Wildman–Crippen MR) is 148 cm³/mol. The van der Waals surface area contributed by atoms with Crippen molar-refractivity contribution in [3.8, 4) is 0 Å². The first-order valence-corrected chi connectivity index (χ1v) is 14.7. The molecule has 2 aromatic rings. The van der Waals surface area contributed by atoms with Crippen molar-refractivity contribution in [3.63, 3.8) is 0 Å². The van der Waals surface area contributed by atoms with Crippen molar-refractivity contribution in [3.05, 3.63) is 64.1 Å². The molecule has 1 fully saturated rings. The van der Waals surface area contributed by atoms with E-state index < -0.39 is 10.0 Å². The summed E-state index contributed by atoms with van der Waals surface area (Å²) in [5, 5.41) is 3.27. The van der Waals surface area contributed by atoms with Gasteiger partial charge in [0.25, 0.3) is 5.91 Å². The van der Waals surface area contributed by atoms with Gasteiger partial charge in [0.15, 0.2) is 0 Å². The van der Waals surface area contributed by atoms with Crippen LogP contribution in [0.3, 0.4) is 0 Å². The second kappa shape index (κ2) is 12.0. The van der Waals surface area contributed by atoms with Gasteiger partial charge in [-0.15, -0.1) is 0 Å². The van der Waals surface area contributed by atoms with E-state index in [-0.39, 0.29) is 34.2 Å². The summed E-state index contributed by atoms with van der Waals surface area (Å²) >= 11 is 3.38. The third kappa shape index (κ3) is 6.75. The van der Waals surface area contributed by atoms with Crippen molar-refractivity contribution in [2.45, 2.75) is 84.7 Å². The maximum Gasteiger partial charge on any atom is 0.251 e. The van der Waals surface area contributed by atoms with Gasteiger partial charge in [-0.1, -0.05) is 78.3 Å². The van der Waals surface area contributed by atoms with Crippen LogP contribution in [0.4, 0.5) is 0 Å². The molecule has 1 aliphatic carbocycles. The molecule has 0 aliphatic heterocycles. The van der Waals surface area contributed by atoms with E-state index in [9.17, 15) is 13.2 Å². The standard InChI is InChI=1S/C26H35BrN2O3S.C2H6/c1-6-26(4)16-10-15-25(2,3)24(26)28-23(30)20-13-14-21(27)22(17-20)33(31,32)29(5)18-19-11-8-7-9-12-19;1-2/h7-9,11-14,17,24H,6,10,15-16,18H2,1-5H3,(H,28,30);1-2H3. The topological polar surface area (TPSA) is 66.5 Å². The van der Waals surface area contributed by atoms with Crippen LogP contribution in [0.2, 0.25) is 0 Å². The van der Waals surface area contributed by atoms with Crippen LogP contribution in [0.15, 0.2) is 57.9 Å². The molecular formula is C28H41BrN2O3S. The Balaban J connectivity index is 0.00000210. The first-order valence-electron chi connectivity index (χ1n) is 12.5. The molecule has 35 heavy (non-hydrogen) atoms. The van der Waals surface area contributed by atoms with Crippen molar-refractivity contribution in [1.82, 2.24) is 9.62 Å². The van der Waals surface area contributed by atoms with Crippen LogP contribution < -0.4 is 5.32 Å². The zero-order valence-corrected chi connectivity index (χ0v) is 24.6. The number of benzene rings is 2. The van der Waals surface area contributed by atoms with E-state index in [1.807, 2.05) is 44.2 Å². The van der Waals surface area contributed by atoms with Gasteiger partial charge in [-0.3, -0.25) is 4.79 Å². The first kappa shape index (κ1) is 29.5. The van der Waals surface area contributed by atoms with E-state index in [2.05, 4.69) is 48.9 Å². The number of carbonyl (C=O) groups is 1. The van der Waals surface area contributed by atoms with Crippen molar-refractivity contribution in [2.24, 2.45) is 10.8 Å². The molecule has 2 atom stereocenters. The Morgan fingerprint density at radius 3 is 2.31 bits per heavy atom. The number of halogens is 1. The van der Waals surface area contributed by atoms with E-state index in [4.69, 9.17) is 0 Å². The van der Waals surface area contributed by atoms with Crippen LogP contribution in [-0.4, -0.2) is 31.7 Å². The number of nitrogens with one attached hydrogen (secondary N) is 1. The van der Waals surface area contributed by atoms with E-state index in [0.29, 0.717) is 10.0 Å². The molecule has 0 heterocycles. The van der Waals surface area contributed by atoms with Crippen LogP contribution >= 0.6 is 15.9 Å². The summed E-state index contributed by atoms with van der Waals surface area (Å²) < 4.78 is 28.4. The molecule has 1 amide bonds. The van der Waals surface area contributed by atoms with Gasteiger partial charge in [0.1, 0.15) is 0 Å². The highest BCUT2D eigenvalue weighted by atomic mass is 79.9. The molecule has 0 aromatic heterocycles. The molecule has 5 nitrogen and oxygen atoms in total. The van der Waals surface area contributed by atoms with Gasteiger partial charge in [-0.2, -0.15) is 4.31 Å². The Hall–Kier alpha value is -1.70. The van der Waals surface area contributed by atoms with Gasteiger partial charge in [0.2, 0.25) is 10.0 Å². The molecule has 194 valence electrons. The Bertz CT molecular complexity index is 1100. The number of hydrogen-bond donors (Lipinski definition) is 1. The minimum Gasteiger partial charge on any atom is -0.348 e. The maximum atomic E-state index is 13.3. The monoisotopic (exact) mass is 564 g/mol. The van der Waals surface area contributed by atoms with E-state index in [1.165, 1.54) is 10.4 Å². The van der Waals surface area contributed by atoms with Crippen LogP contribution in [0.5, 0.6) is 0 Å². The highest BCUT2D eigenvalue weighted by molar-refractivity contribution is 9.10. The minimum absolute atomic E-state index is 0.0115. The third-order valence-corrected chi connectivity index (χ3v) is 10.1. The number of nitrogens with zero attached hydrogens (tertiary/aromatic N) is 1. The van der Waals surface area contributed by atoms with Gasteiger partial charge in [0, 0.05) is 29.7 Å². The van der Waals surface area contributed by atoms with Crippen LogP contribution in [0, 0.1) is 10.8 Å². The summed E-state index contributed by atoms with van der Waals surface area (Å²) in [5.74, 6) is -0.232. The van der Waals surface area contributed by atoms with E-state index >= 15 is 0 Å². The Kier molecular flexibility index (Phi) is 10.1. The lowest BCUT2D eigenvalue weighted by Crippen LogP contribution is -2.56. The molecular weight excluding hydrogens is 524 g/mol. The fourth-order valence-corrected chi connectivity index (χ4v) is 7.19. The van der Waals surface area contributed by atoms with E-state index in [0.717, 1.165) is 31.2 Å². The molecule has 3 rings (SSSR count). The van der Waals surface area contributed by atoms with Crippen LogP contribution in [-0.2, 0) is 16.6 Å². The second-order valence-corrected chi connectivity index (χ2v) is 13.0. The first-order chi connectivity index (χ1) is 16.4. The number of amides is 1. The zero-order chi connectivity index (χ0) is 26.4. The summed E-state index contributed by atoms with van der Waals surface area (Å²) in [5.41, 5.74) is 1.23. The smallest absolute Gasteiger partial charge is 0.251 e. The van der Waals surface area contributed by atoms with Crippen molar-refractivity contribution in [1.29, 1.82) is 0 Å². The summed E-state index contributed by atoms with van der Waals surface area (Å²) in [6.07, 6.45) is 4.25. The molecule has 2 unspecified atom stereocenters. The lowest BCUT2D eigenvalue weighted by atomic mass is 9.59. The van der Waals surface area contributed by atoms with Gasteiger partial charge in [0.05, 0.1) is 4.90 Å². The number of carbonyl (C=O) groups excluding carboxylic acids is 1. The second-order valence-electron chi connectivity index (χ2n) is 10.1. The van der Waals surface area contributed by atoms with Crippen molar-refractivity contribution >= 4 is 31.9 Å². The molecule has 0 bridgehead atoms. The number of hydrogen-bond acceptors (Lipinski definition) is 3. The van der Waals surface area contributed by atoms with Crippen LogP contribution in [0.1, 0.15) is 83.1 Å². The van der Waals surface area contributed by atoms with Gasteiger partial charge in [-0.05, 0) is 69.8 Å². The highest BCUT2D eigenvalue weighted by Gasteiger charge is 2.46. The molecule has 2 aromatic carbocycles. The average molecular weight is 566 g/mol. The highest BCUT2D eigenvalue weighted by Crippen LogP contribution is 2.48. The van der Waals surface area contributed by atoms with Crippen molar-refractivity contribution < 1.29 is 13.2 Å². The molecule has 0 spiro atoms. The largest absolute Gasteiger partial charge is 0.348 e. The lowest BCUT2D eigenvalue weighted by Gasteiger charge is -2.51. The SMILES string of the molecule is CC.CCC1(C)CCCC(C)(C)C1NC(=O)c1ccc(Br)c(S(=O)(=O)N(C)Cc2ccccc2)c1. The van der Waals surface area contributed by atoms with Crippen LogP contribution in [0.25, 0.3) is 0 Å². The minimum atomic E-state index is -3.80. The van der Waals surface area contributed by atoms with Gasteiger partial charge < -0.3 is 5.32 Å². The summed E-state index contributed by atoms with van der Waals surface area (Å²) in [6.45, 7) is 13.1. The molecule has 7 heteroatoms.